The molecule has 0 spiro atoms. The van der Waals surface area contributed by atoms with Crippen LogP contribution in [-0.4, -0.2) is 23.3 Å². The molecule has 0 saturated heterocycles. The van der Waals surface area contributed by atoms with Gasteiger partial charge >= 0.3 is 5.97 Å². The Bertz CT molecular complexity index is 746. The Hall–Kier alpha value is -2.30. The van der Waals surface area contributed by atoms with E-state index in [-0.39, 0.29) is 5.76 Å². The number of methoxy groups -OCH3 is 1. The number of hydrogen-bond acceptors (Lipinski definition) is 4. The number of aromatic carboxylic acids is 1. The number of carboxylic acids is 1. The summed E-state index contributed by atoms with van der Waals surface area (Å²) in [5, 5.41) is 13.0. The molecule has 5 heteroatoms. The Labute approximate surface area is 128 Å². The lowest BCUT2D eigenvalue weighted by atomic mass is 9.82. The Balaban J connectivity index is 2.25. The summed E-state index contributed by atoms with van der Waals surface area (Å²) in [7, 11) is 1.64. The van der Waals surface area contributed by atoms with Crippen molar-refractivity contribution in [3.8, 4) is 17.0 Å². The number of hydrogen-bond donors (Lipinski definition) is 1. The lowest BCUT2D eigenvalue weighted by Crippen LogP contribution is -2.10. The molecule has 0 radical (unpaired) electrons. The first-order chi connectivity index (χ1) is 10.5. The molecular formula is C17H19NO4. The molecule has 1 aromatic heterocycles. The molecule has 3 rings (SSSR count). The first kappa shape index (κ1) is 14.6. The summed E-state index contributed by atoms with van der Waals surface area (Å²) in [4.78, 5) is 11.0. The predicted octanol–water partition coefficient (Wildman–Crippen LogP) is 3.54. The van der Waals surface area contributed by atoms with E-state index in [0.717, 1.165) is 35.3 Å². The van der Waals surface area contributed by atoms with Crippen molar-refractivity contribution in [2.45, 2.75) is 39.5 Å². The van der Waals surface area contributed by atoms with Gasteiger partial charge in [-0.1, -0.05) is 5.16 Å². The van der Waals surface area contributed by atoms with Crippen molar-refractivity contribution < 1.29 is 19.2 Å². The van der Waals surface area contributed by atoms with Gasteiger partial charge in [-0.2, -0.15) is 0 Å². The van der Waals surface area contributed by atoms with E-state index in [1.54, 1.807) is 7.11 Å². The Morgan fingerprint density at radius 1 is 1.23 bits per heavy atom. The van der Waals surface area contributed by atoms with E-state index in [2.05, 4.69) is 19.0 Å². The second kappa shape index (κ2) is 5.48. The van der Waals surface area contributed by atoms with Crippen LogP contribution >= 0.6 is 0 Å². The highest BCUT2D eigenvalue weighted by molar-refractivity contribution is 5.87. The number of rotatable bonds is 3. The fraction of sp³-hybridized carbons (Fsp3) is 0.412. The lowest BCUT2D eigenvalue weighted by molar-refractivity contribution is 0.0652. The minimum atomic E-state index is -1.12. The van der Waals surface area contributed by atoms with E-state index < -0.39 is 5.97 Å². The first-order valence-corrected chi connectivity index (χ1v) is 7.43. The number of fused-ring (bicyclic) bond motifs is 1. The molecule has 2 aromatic rings. The molecule has 1 aliphatic carbocycles. The summed E-state index contributed by atoms with van der Waals surface area (Å²) in [6.07, 6.45) is 4.49. The minimum absolute atomic E-state index is 0.160. The Kier molecular flexibility index (Phi) is 3.64. The van der Waals surface area contributed by atoms with Gasteiger partial charge in [0.2, 0.25) is 5.76 Å². The van der Waals surface area contributed by atoms with Crippen LogP contribution in [0.1, 0.15) is 45.7 Å². The molecule has 116 valence electrons. The van der Waals surface area contributed by atoms with Crippen LogP contribution in [0.25, 0.3) is 11.3 Å². The third kappa shape index (κ3) is 2.17. The number of carbonyl (C=O) groups is 1. The van der Waals surface area contributed by atoms with Gasteiger partial charge in [0, 0.05) is 11.6 Å². The second-order valence-electron chi connectivity index (χ2n) is 5.70. The molecule has 5 nitrogen and oxygen atoms in total. The topological polar surface area (TPSA) is 72.6 Å². The molecule has 1 N–H and O–H groups in total. The molecule has 1 heterocycles. The fourth-order valence-corrected chi connectivity index (χ4v) is 3.44. The van der Waals surface area contributed by atoms with Gasteiger partial charge in [-0.25, -0.2) is 4.79 Å². The molecule has 0 amide bonds. The van der Waals surface area contributed by atoms with Crippen LogP contribution in [0.5, 0.6) is 5.75 Å². The summed E-state index contributed by atoms with van der Waals surface area (Å²) in [5.41, 5.74) is 6.31. The van der Waals surface area contributed by atoms with Gasteiger partial charge in [-0.15, -0.1) is 0 Å². The van der Waals surface area contributed by atoms with Crippen molar-refractivity contribution in [1.82, 2.24) is 5.16 Å². The van der Waals surface area contributed by atoms with E-state index in [9.17, 15) is 4.79 Å². The average Bonchev–Trinajstić information content (AvgIpc) is 3.00. The summed E-state index contributed by atoms with van der Waals surface area (Å²) in [6, 6.07) is 1.46. The molecule has 1 aliphatic rings. The summed E-state index contributed by atoms with van der Waals surface area (Å²) in [5.74, 6) is -0.514. The summed E-state index contributed by atoms with van der Waals surface area (Å²) >= 11 is 0. The highest BCUT2D eigenvalue weighted by Gasteiger charge is 2.25. The maximum absolute atomic E-state index is 11.0. The van der Waals surface area contributed by atoms with Crippen LogP contribution in [0.4, 0.5) is 0 Å². The standard InChI is InChI=1S/C17H19NO4/c1-9-11-6-4-5-7-12(11)10(2)16(21-3)15(9)13-8-14(17(19)20)22-18-13/h8H,4-7H2,1-3H3,(H,19,20). The van der Waals surface area contributed by atoms with E-state index in [1.165, 1.54) is 30.0 Å². The number of benzene rings is 1. The molecule has 0 atom stereocenters. The van der Waals surface area contributed by atoms with E-state index in [0.29, 0.717) is 5.69 Å². The van der Waals surface area contributed by atoms with Gasteiger partial charge < -0.3 is 14.4 Å². The van der Waals surface area contributed by atoms with Crippen molar-refractivity contribution in [2.75, 3.05) is 7.11 Å². The van der Waals surface area contributed by atoms with Gasteiger partial charge in [-0.05, 0) is 61.8 Å². The Morgan fingerprint density at radius 3 is 2.41 bits per heavy atom. The summed E-state index contributed by atoms with van der Waals surface area (Å²) in [6.45, 7) is 4.11. The fourth-order valence-electron chi connectivity index (χ4n) is 3.44. The van der Waals surface area contributed by atoms with Gasteiger partial charge in [-0.3, -0.25) is 0 Å². The second-order valence-corrected chi connectivity index (χ2v) is 5.70. The lowest BCUT2D eigenvalue weighted by Gasteiger charge is -2.25. The van der Waals surface area contributed by atoms with Crippen LogP contribution in [0.3, 0.4) is 0 Å². The van der Waals surface area contributed by atoms with Crippen molar-refractivity contribution >= 4 is 5.97 Å². The van der Waals surface area contributed by atoms with Gasteiger partial charge in [0.1, 0.15) is 11.4 Å². The molecular weight excluding hydrogens is 282 g/mol. The number of carboxylic acid groups (broad SMARTS) is 1. The zero-order valence-corrected chi connectivity index (χ0v) is 13.0. The third-order valence-electron chi connectivity index (χ3n) is 4.50. The quantitative estimate of drug-likeness (QED) is 0.938. The predicted molar refractivity (Wildman–Crippen MR) is 81.6 cm³/mol. The first-order valence-electron chi connectivity index (χ1n) is 7.43. The maximum atomic E-state index is 11.0. The van der Waals surface area contributed by atoms with Crippen LogP contribution in [0, 0.1) is 13.8 Å². The van der Waals surface area contributed by atoms with Crippen molar-refractivity contribution in [3.63, 3.8) is 0 Å². The largest absolute Gasteiger partial charge is 0.496 e. The van der Waals surface area contributed by atoms with Crippen LogP contribution < -0.4 is 4.74 Å². The highest BCUT2D eigenvalue weighted by Crippen LogP contribution is 2.42. The number of ether oxygens (including phenoxy) is 1. The number of nitrogens with zero attached hydrogens (tertiary/aromatic N) is 1. The van der Waals surface area contributed by atoms with Gasteiger partial charge in [0.15, 0.2) is 0 Å². The van der Waals surface area contributed by atoms with Crippen LogP contribution in [0.2, 0.25) is 0 Å². The average molecular weight is 301 g/mol. The van der Waals surface area contributed by atoms with Crippen molar-refractivity contribution in [3.05, 3.63) is 34.1 Å². The Morgan fingerprint density at radius 2 is 1.86 bits per heavy atom. The van der Waals surface area contributed by atoms with Gasteiger partial charge in [0.25, 0.3) is 0 Å². The molecule has 0 aliphatic heterocycles. The maximum Gasteiger partial charge on any atom is 0.374 e. The molecule has 0 saturated carbocycles. The van der Waals surface area contributed by atoms with Crippen LogP contribution in [-0.2, 0) is 12.8 Å². The molecule has 0 bridgehead atoms. The zero-order valence-electron chi connectivity index (χ0n) is 13.0. The van der Waals surface area contributed by atoms with E-state index in [4.69, 9.17) is 14.4 Å². The third-order valence-corrected chi connectivity index (χ3v) is 4.50. The molecule has 0 unspecified atom stereocenters. The monoisotopic (exact) mass is 301 g/mol. The molecule has 0 fully saturated rings. The number of aromatic nitrogens is 1. The van der Waals surface area contributed by atoms with Crippen molar-refractivity contribution in [1.29, 1.82) is 0 Å². The van der Waals surface area contributed by atoms with Crippen LogP contribution in [0.15, 0.2) is 10.6 Å². The molecule has 1 aromatic carbocycles. The zero-order chi connectivity index (χ0) is 15.9. The van der Waals surface area contributed by atoms with Crippen molar-refractivity contribution in [2.24, 2.45) is 0 Å². The minimum Gasteiger partial charge on any atom is -0.496 e. The normalized spacial score (nSPS) is 13.8. The van der Waals surface area contributed by atoms with Gasteiger partial charge in [0.05, 0.1) is 7.11 Å². The van der Waals surface area contributed by atoms with E-state index >= 15 is 0 Å². The highest BCUT2D eigenvalue weighted by atomic mass is 16.5. The molecule has 22 heavy (non-hydrogen) atoms. The van der Waals surface area contributed by atoms with E-state index in [1.807, 2.05) is 0 Å². The summed E-state index contributed by atoms with van der Waals surface area (Å²) < 4.78 is 10.5. The SMILES string of the molecule is COc1c(C)c2c(c(C)c1-c1cc(C(=O)O)on1)CCCC2. The smallest absolute Gasteiger partial charge is 0.374 e.